The van der Waals surface area contributed by atoms with E-state index in [2.05, 4.69) is 6.92 Å². The summed E-state index contributed by atoms with van der Waals surface area (Å²) >= 11 is 0. The summed E-state index contributed by atoms with van der Waals surface area (Å²) < 4.78 is 0. The molecule has 0 heteroatoms. The minimum Gasteiger partial charge on any atom is -0.0591 e. The van der Waals surface area contributed by atoms with Crippen LogP contribution in [0.25, 0.3) is 0 Å². The van der Waals surface area contributed by atoms with Gasteiger partial charge in [0.05, 0.1) is 0 Å². The van der Waals surface area contributed by atoms with Gasteiger partial charge in [0, 0.05) is 0 Å². The molecule has 4 fully saturated rings. The van der Waals surface area contributed by atoms with Crippen molar-refractivity contribution < 1.29 is 0 Å². The van der Waals surface area contributed by atoms with Crippen LogP contribution in [0.4, 0.5) is 0 Å². The molecular formula is C10H14. The fraction of sp³-hybridized carbons (Fsp3) is 1.00. The van der Waals surface area contributed by atoms with Crippen molar-refractivity contribution >= 4 is 0 Å². The van der Waals surface area contributed by atoms with Gasteiger partial charge in [-0.3, -0.25) is 0 Å². The maximum Gasteiger partial charge on any atom is -0.0158 e. The van der Waals surface area contributed by atoms with Crippen LogP contribution in [0.2, 0.25) is 0 Å². The fourth-order valence-electron chi connectivity index (χ4n) is 5.49. The number of rotatable bonds is 0. The summed E-state index contributed by atoms with van der Waals surface area (Å²) in [4.78, 5) is 0. The van der Waals surface area contributed by atoms with Crippen LogP contribution in [-0.2, 0) is 0 Å². The van der Waals surface area contributed by atoms with Crippen molar-refractivity contribution in [1.82, 2.24) is 0 Å². The first-order chi connectivity index (χ1) is 4.77. The van der Waals surface area contributed by atoms with Crippen LogP contribution in [0.1, 0.15) is 32.6 Å². The lowest BCUT2D eigenvalue weighted by Gasteiger charge is -2.91. The van der Waals surface area contributed by atoms with Crippen molar-refractivity contribution in [3.63, 3.8) is 0 Å². The zero-order valence-electron chi connectivity index (χ0n) is 6.56. The minimum atomic E-state index is 0.878. The van der Waals surface area contributed by atoms with Gasteiger partial charge >= 0.3 is 0 Å². The Morgan fingerprint density at radius 1 is 1.00 bits per heavy atom. The lowest BCUT2D eigenvalue weighted by molar-refractivity contribution is -0.425. The second kappa shape index (κ2) is 0.922. The van der Waals surface area contributed by atoms with Gasteiger partial charge in [0.2, 0.25) is 0 Å². The maximum atomic E-state index is 2.55. The van der Waals surface area contributed by atoms with Crippen LogP contribution in [0.15, 0.2) is 0 Å². The van der Waals surface area contributed by atoms with Crippen LogP contribution in [0.5, 0.6) is 0 Å². The Labute approximate surface area is 62.0 Å². The van der Waals surface area contributed by atoms with Crippen molar-refractivity contribution in [2.75, 3.05) is 0 Å². The van der Waals surface area contributed by atoms with E-state index < -0.39 is 0 Å². The Kier molecular flexibility index (Phi) is 0.442. The highest BCUT2D eigenvalue weighted by Gasteiger charge is 2.85. The van der Waals surface area contributed by atoms with Crippen LogP contribution < -0.4 is 0 Å². The molecule has 4 saturated carbocycles. The van der Waals surface area contributed by atoms with E-state index in [9.17, 15) is 0 Å². The monoisotopic (exact) mass is 134 g/mol. The van der Waals surface area contributed by atoms with Gasteiger partial charge in [-0.2, -0.15) is 0 Å². The predicted octanol–water partition coefficient (Wildman–Crippen LogP) is 2.44. The summed E-state index contributed by atoms with van der Waals surface area (Å²) in [5, 5.41) is 0. The SMILES string of the molecule is CC12CC3CC4CC(C1)C432. The predicted molar refractivity (Wildman–Crippen MR) is 39.5 cm³/mol. The molecule has 0 N–H and O–H groups in total. The molecule has 0 heterocycles. The zero-order valence-corrected chi connectivity index (χ0v) is 6.56. The molecule has 4 rings (SSSR count). The molecule has 0 radical (unpaired) electrons. The van der Waals surface area contributed by atoms with E-state index in [1.165, 1.54) is 17.8 Å². The first kappa shape index (κ1) is 4.79. The molecule has 0 aromatic rings. The van der Waals surface area contributed by atoms with Crippen molar-refractivity contribution in [3.8, 4) is 0 Å². The molecule has 0 bridgehead atoms. The first-order valence-electron chi connectivity index (χ1n) is 4.77. The quantitative estimate of drug-likeness (QED) is 0.477. The highest BCUT2D eigenvalue weighted by molar-refractivity contribution is 5.33. The Morgan fingerprint density at radius 3 is 1.80 bits per heavy atom. The fourth-order valence-corrected chi connectivity index (χ4v) is 5.49. The standard InChI is InChI=1S/C10H14/c1-9-4-7-2-6-3-8(5-9)10(6,7)9/h6-8H,2-5H2,1H3. The molecule has 54 valence electrons. The van der Waals surface area contributed by atoms with Crippen LogP contribution in [0.3, 0.4) is 0 Å². The van der Waals surface area contributed by atoms with Crippen LogP contribution in [-0.4, -0.2) is 0 Å². The Bertz CT molecular complexity index is 203. The third kappa shape index (κ3) is 0.194. The second-order valence-corrected chi connectivity index (χ2v) is 5.46. The van der Waals surface area contributed by atoms with E-state index in [0.717, 1.165) is 10.8 Å². The molecule has 0 amide bonds. The van der Waals surface area contributed by atoms with E-state index in [1.807, 2.05) is 0 Å². The minimum absolute atomic E-state index is 0.878. The van der Waals surface area contributed by atoms with Gasteiger partial charge in [0.1, 0.15) is 0 Å². The third-order valence-electron chi connectivity index (χ3n) is 5.60. The molecule has 2 atom stereocenters. The molecule has 0 aromatic heterocycles. The highest BCUT2D eigenvalue weighted by atomic mass is 14.9. The zero-order chi connectivity index (χ0) is 6.56. The van der Waals surface area contributed by atoms with Crippen LogP contribution in [0, 0.1) is 28.6 Å². The molecular weight excluding hydrogens is 120 g/mol. The number of hydrogen-bond acceptors (Lipinski definition) is 0. The Hall–Kier alpha value is 0. The smallest absolute Gasteiger partial charge is 0.0158 e. The van der Waals surface area contributed by atoms with Gasteiger partial charge in [-0.25, -0.2) is 0 Å². The van der Waals surface area contributed by atoms with Crippen molar-refractivity contribution in [2.24, 2.45) is 28.6 Å². The van der Waals surface area contributed by atoms with Gasteiger partial charge < -0.3 is 0 Å². The van der Waals surface area contributed by atoms with Crippen molar-refractivity contribution in [2.45, 2.75) is 32.6 Å². The normalized spacial score (nSPS) is 80.7. The van der Waals surface area contributed by atoms with E-state index in [4.69, 9.17) is 0 Å². The average Bonchev–Trinajstić information content (AvgIpc) is 1.73. The molecule has 0 aliphatic heterocycles. The molecule has 0 nitrogen and oxygen atoms in total. The van der Waals surface area contributed by atoms with E-state index in [-0.39, 0.29) is 0 Å². The molecule has 4 aliphatic carbocycles. The average molecular weight is 134 g/mol. The summed E-state index contributed by atoms with van der Waals surface area (Å²) in [6, 6.07) is 0. The van der Waals surface area contributed by atoms with E-state index in [1.54, 1.807) is 25.7 Å². The molecule has 1 spiro atoms. The summed E-state index contributed by atoms with van der Waals surface area (Å²) in [5.41, 5.74) is 1.87. The molecule has 0 aromatic carbocycles. The van der Waals surface area contributed by atoms with Crippen molar-refractivity contribution in [3.05, 3.63) is 0 Å². The van der Waals surface area contributed by atoms with E-state index >= 15 is 0 Å². The van der Waals surface area contributed by atoms with Gasteiger partial charge in [-0.05, 0) is 54.3 Å². The lowest BCUT2D eigenvalue weighted by atomic mass is 9.14. The third-order valence-corrected chi connectivity index (χ3v) is 5.60. The van der Waals surface area contributed by atoms with Gasteiger partial charge in [-0.15, -0.1) is 0 Å². The second-order valence-electron chi connectivity index (χ2n) is 5.46. The van der Waals surface area contributed by atoms with Gasteiger partial charge in [0.25, 0.3) is 0 Å². The summed E-state index contributed by atoms with van der Waals surface area (Å²) in [6.07, 6.45) is 6.43. The van der Waals surface area contributed by atoms with Gasteiger partial charge in [-0.1, -0.05) is 6.92 Å². The maximum absolute atomic E-state index is 2.55. The molecule has 10 heavy (non-hydrogen) atoms. The number of hydrogen-bond donors (Lipinski definition) is 0. The summed E-state index contributed by atoms with van der Waals surface area (Å²) in [5.74, 6) is 3.65. The molecule has 2 unspecified atom stereocenters. The summed E-state index contributed by atoms with van der Waals surface area (Å²) in [6.45, 7) is 2.55. The first-order valence-corrected chi connectivity index (χ1v) is 4.77. The Balaban J connectivity index is 1.89. The lowest BCUT2D eigenvalue weighted by Crippen LogP contribution is -2.84. The van der Waals surface area contributed by atoms with E-state index in [0.29, 0.717) is 0 Å². The molecule has 4 aliphatic rings. The van der Waals surface area contributed by atoms with Gasteiger partial charge in [0.15, 0.2) is 0 Å². The summed E-state index contributed by atoms with van der Waals surface area (Å²) in [7, 11) is 0. The largest absolute Gasteiger partial charge is 0.0591 e. The topological polar surface area (TPSA) is 0 Å². The van der Waals surface area contributed by atoms with Crippen LogP contribution >= 0.6 is 0 Å². The highest BCUT2D eigenvalue weighted by Crippen LogP contribution is 2.92. The molecule has 0 saturated heterocycles. The van der Waals surface area contributed by atoms with Crippen molar-refractivity contribution in [1.29, 1.82) is 0 Å². The Morgan fingerprint density at radius 2 is 1.60 bits per heavy atom.